The van der Waals surface area contributed by atoms with Crippen molar-refractivity contribution in [3.63, 3.8) is 0 Å². The number of hydrogen-bond acceptors (Lipinski definition) is 4. The molecule has 0 aliphatic carbocycles. The monoisotopic (exact) mass is 262 g/mol. The van der Waals surface area contributed by atoms with Crippen LogP contribution < -0.4 is 51.4 Å². The molecule has 0 aromatic heterocycles. The minimum Gasteiger partial charge on any atom is -0.744 e. The predicted octanol–water partition coefficient (Wildman–Crippen LogP) is -1.55. The van der Waals surface area contributed by atoms with Crippen LogP contribution in [-0.4, -0.2) is 18.1 Å². The molecule has 0 bridgehead atoms. The van der Waals surface area contributed by atoms with Crippen molar-refractivity contribution >= 4 is 20.9 Å². The number of benzene rings is 2. The van der Waals surface area contributed by atoms with Gasteiger partial charge >= 0.3 is 51.4 Å². The molecule has 0 atom stereocenters. The molecule has 2 aromatic rings. The van der Waals surface area contributed by atoms with Gasteiger partial charge in [-0.1, -0.05) is 12.1 Å². The van der Waals surface area contributed by atoms with Gasteiger partial charge in [0, 0.05) is 0 Å². The second-order valence-electron chi connectivity index (χ2n) is 3.15. The van der Waals surface area contributed by atoms with Crippen molar-refractivity contribution < 1.29 is 69.5 Å². The summed E-state index contributed by atoms with van der Waals surface area (Å²) >= 11 is 0. The van der Waals surface area contributed by atoms with Gasteiger partial charge in [0.25, 0.3) is 0 Å². The Morgan fingerprint density at radius 3 is 2.25 bits per heavy atom. The van der Waals surface area contributed by atoms with Gasteiger partial charge in [0.15, 0.2) is 0 Å². The zero-order chi connectivity index (χ0) is 11.1. The molecule has 0 amide bonds. The topological polar surface area (TPSA) is 77.4 Å². The zero-order valence-electron chi connectivity index (χ0n) is 8.54. The Morgan fingerprint density at radius 1 is 1.00 bits per heavy atom. The molecule has 16 heavy (non-hydrogen) atoms. The van der Waals surface area contributed by atoms with E-state index in [1.165, 1.54) is 30.3 Å². The third-order valence-corrected chi connectivity index (χ3v) is 2.92. The Bertz CT molecular complexity index is 622. The van der Waals surface area contributed by atoms with Crippen molar-refractivity contribution in [1.29, 1.82) is 0 Å². The normalized spacial score (nSPS) is 11.1. The molecule has 0 unspecified atom stereocenters. The molecule has 6 heteroatoms. The number of rotatable bonds is 1. The quantitative estimate of drug-likeness (QED) is 0.499. The fourth-order valence-corrected chi connectivity index (χ4v) is 1.87. The molecule has 0 spiro atoms. The van der Waals surface area contributed by atoms with Gasteiger partial charge in [-0.2, -0.15) is 0 Å². The summed E-state index contributed by atoms with van der Waals surface area (Å²) in [5.74, 6) is 0.0305. The number of aromatic hydroxyl groups is 1. The SMILES string of the molecule is O=S(=O)([O-])c1ccc2ccc(O)cc2c1.[K+]. The number of hydrogen-bond donors (Lipinski definition) is 1. The third-order valence-electron chi connectivity index (χ3n) is 2.08. The summed E-state index contributed by atoms with van der Waals surface area (Å²) in [4.78, 5) is -0.291. The first kappa shape index (κ1) is 14.1. The van der Waals surface area contributed by atoms with Gasteiger partial charge in [0.2, 0.25) is 0 Å². The van der Waals surface area contributed by atoms with E-state index in [2.05, 4.69) is 0 Å². The van der Waals surface area contributed by atoms with Crippen LogP contribution in [0, 0.1) is 0 Å². The van der Waals surface area contributed by atoms with E-state index in [0.717, 1.165) is 5.39 Å². The molecule has 0 fully saturated rings. The molecular formula is C10H7KO4S. The van der Waals surface area contributed by atoms with E-state index in [4.69, 9.17) is 0 Å². The molecule has 0 radical (unpaired) electrons. The minimum absolute atomic E-state index is 0. The second-order valence-corrected chi connectivity index (χ2v) is 4.53. The van der Waals surface area contributed by atoms with Gasteiger partial charge in [0.1, 0.15) is 15.9 Å². The van der Waals surface area contributed by atoms with Crippen LogP contribution in [0.5, 0.6) is 5.75 Å². The van der Waals surface area contributed by atoms with Crippen LogP contribution in [0.15, 0.2) is 41.3 Å². The van der Waals surface area contributed by atoms with Crippen molar-refractivity contribution in [1.82, 2.24) is 0 Å². The molecule has 0 saturated carbocycles. The minimum atomic E-state index is -4.44. The number of phenols is 1. The Balaban J connectivity index is 0.00000128. The first-order valence-electron chi connectivity index (χ1n) is 4.15. The Labute approximate surface area is 135 Å². The van der Waals surface area contributed by atoms with E-state index >= 15 is 0 Å². The Morgan fingerprint density at radius 2 is 1.62 bits per heavy atom. The number of phenolic OH excluding ortho intramolecular Hbond substituents is 1. The summed E-state index contributed by atoms with van der Waals surface area (Å²) in [7, 11) is -4.44. The van der Waals surface area contributed by atoms with Crippen LogP contribution >= 0.6 is 0 Å². The fraction of sp³-hybridized carbons (Fsp3) is 0. The Kier molecular flexibility index (Phi) is 4.53. The molecule has 0 aliphatic rings. The van der Waals surface area contributed by atoms with E-state index in [1.54, 1.807) is 6.07 Å². The van der Waals surface area contributed by atoms with Gasteiger partial charge in [-0.05, 0) is 35.0 Å². The van der Waals surface area contributed by atoms with E-state index in [9.17, 15) is 18.1 Å². The van der Waals surface area contributed by atoms with Crippen molar-refractivity contribution in [2.75, 3.05) is 0 Å². The molecule has 0 heterocycles. The van der Waals surface area contributed by atoms with Crippen LogP contribution in [-0.2, 0) is 10.1 Å². The van der Waals surface area contributed by atoms with Gasteiger partial charge in [0.05, 0.1) is 4.90 Å². The average Bonchev–Trinajstić information content (AvgIpc) is 2.15. The van der Waals surface area contributed by atoms with Crippen LogP contribution in [0.25, 0.3) is 10.8 Å². The number of fused-ring (bicyclic) bond motifs is 1. The van der Waals surface area contributed by atoms with E-state index in [1.807, 2.05) is 0 Å². The van der Waals surface area contributed by atoms with Crippen molar-refractivity contribution in [3.05, 3.63) is 36.4 Å². The molecule has 2 aromatic carbocycles. The van der Waals surface area contributed by atoms with Gasteiger partial charge in [-0.25, -0.2) is 8.42 Å². The molecule has 0 aliphatic heterocycles. The van der Waals surface area contributed by atoms with Crippen LogP contribution in [0.2, 0.25) is 0 Å². The largest absolute Gasteiger partial charge is 1.00 e. The molecule has 78 valence electrons. The van der Waals surface area contributed by atoms with E-state index < -0.39 is 10.1 Å². The van der Waals surface area contributed by atoms with Gasteiger partial charge in [-0.3, -0.25) is 0 Å². The maximum absolute atomic E-state index is 10.7. The van der Waals surface area contributed by atoms with Crippen molar-refractivity contribution in [2.45, 2.75) is 4.90 Å². The fourth-order valence-electron chi connectivity index (χ4n) is 1.37. The summed E-state index contributed by atoms with van der Waals surface area (Å²) in [6.45, 7) is 0. The molecule has 0 saturated heterocycles. The Hall–Kier alpha value is 0.0464. The van der Waals surface area contributed by atoms with Crippen LogP contribution in [0.1, 0.15) is 0 Å². The first-order valence-corrected chi connectivity index (χ1v) is 5.56. The maximum Gasteiger partial charge on any atom is 1.00 e. The van der Waals surface area contributed by atoms with Gasteiger partial charge < -0.3 is 9.66 Å². The third kappa shape index (κ3) is 3.04. The summed E-state index contributed by atoms with van der Waals surface area (Å²) < 4.78 is 32.2. The van der Waals surface area contributed by atoms with E-state index in [-0.39, 0.29) is 62.0 Å². The maximum atomic E-state index is 10.7. The summed E-state index contributed by atoms with van der Waals surface area (Å²) in [5.41, 5.74) is 0. The summed E-state index contributed by atoms with van der Waals surface area (Å²) in [6, 6.07) is 8.57. The second kappa shape index (κ2) is 5.13. The summed E-state index contributed by atoms with van der Waals surface area (Å²) in [6.07, 6.45) is 0. The molecule has 2 rings (SSSR count). The molecular weight excluding hydrogens is 255 g/mol. The summed E-state index contributed by atoms with van der Waals surface area (Å²) in [5, 5.41) is 10.5. The zero-order valence-corrected chi connectivity index (χ0v) is 12.5. The standard InChI is InChI=1S/C10H8O4S.K/c11-9-3-1-7-2-4-10(15(12,13)14)6-8(7)5-9;/h1-6,11H,(H,12,13,14);/q;+1/p-1. The van der Waals surface area contributed by atoms with Crippen molar-refractivity contribution in [3.8, 4) is 5.75 Å². The van der Waals surface area contributed by atoms with Crippen molar-refractivity contribution in [2.24, 2.45) is 0 Å². The van der Waals surface area contributed by atoms with Gasteiger partial charge in [-0.15, -0.1) is 0 Å². The molecule has 1 N–H and O–H groups in total. The predicted molar refractivity (Wildman–Crippen MR) is 53.6 cm³/mol. The first-order chi connectivity index (χ1) is 6.97. The van der Waals surface area contributed by atoms with E-state index in [0.29, 0.717) is 5.39 Å². The smallest absolute Gasteiger partial charge is 0.744 e. The average molecular weight is 262 g/mol. The van der Waals surface area contributed by atoms with Crippen LogP contribution in [0.4, 0.5) is 0 Å². The van der Waals surface area contributed by atoms with Crippen LogP contribution in [0.3, 0.4) is 0 Å². The molecule has 4 nitrogen and oxygen atoms in total.